The molecule has 0 unspecified atom stereocenters. The fourth-order valence-electron chi connectivity index (χ4n) is 3.77. The molecule has 2 aromatic rings. The van der Waals surface area contributed by atoms with Gasteiger partial charge in [0.1, 0.15) is 16.4 Å². The van der Waals surface area contributed by atoms with Crippen LogP contribution in [0.4, 0.5) is 0 Å². The van der Waals surface area contributed by atoms with E-state index in [1.165, 1.54) is 23.8 Å². The molecule has 0 spiro atoms. The van der Waals surface area contributed by atoms with Crippen LogP contribution in [-0.4, -0.2) is 24.5 Å². The van der Waals surface area contributed by atoms with Crippen LogP contribution in [0.3, 0.4) is 0 Å². The van der Waals surface area contributed by atoms with E-state index in [2.05, 4.69) is 10.8 Å². The van der Waals surface area contributed by atoms with Crippen molar-refractivity contribution in [3.05, 3.63) is 76.4 Å². The summed E-state index contributed by atoms with van der Waals surface area (Å²) in [5, 5.41) is 21.7. The number of phenols is 2. The fraction of sp³-hybridized carbons (Fsp3) is 0.393. The van der Waals surface area contributed by atoms with Gasteiger partial charge in [0.05, 0.1) is 0 Å². The molecular weight excluding hydrogens is 462 g/mol. The predicted molar refractivity (Wildman–Crippen MR) is 140 cm³/mol. The van der Waals surface area contributed by atoms with E-state index in [0.717, 1.165) is 31.3 Å². The number of aromatic hydroxyl groups is 2. The molecule has 35 heavy (non-hydrogen) atoms. The number of aryl methyl sites for hydroxylation is 1. The van der Waals surface area contributed by atoms with Crippen molar-refractivity contribution in [1.82, 2.24) is 4.72 Å². The van der Waals surface area contributed by atoms with Crippen molar-refractivity contribution in [2.75, 3.05) is 0 Å². The van der Waals surface area contributed by atoms with Crippen molar-refractivity contribution in [2.45, 2.75) is 77.5 Å². The number of unbranched alkanes of at least 4 members (excludes halogenated alkanes) is 2. The van der Waals surface area contributed by atoms with Crippen LogP contribution in [0.25, 0.3) is 0 Å². The third kappa shape index (κ3) is 8.28. The van der Waals surface area contributed by atoms with Gasteiger partial charge < -0.3 is 10.2 Å². The Bertz CT molecular complexity index is 1180. The lowest BCUT2D eigenvalue weighted by Gasteiger charge is -2.17. The molecule has 0 fully saturated rings. The highest BCUT2D eigenvalue weighted by Crippen LogP contribution is 2.38. The number of nitrogens with one attached hydrogen (secondary N) is 1. The molecular formula is C28H37NO5S. The third-order valence-corrected chi connectivity index (χ3v) is 7.19. The average molecular weight is 500 g/mol. The lowest BCUT2D eigenvalue weighted by molar-refractivity contribution is 0.0981. The molecule has 0 saturated carbocycles. The highest BCUT2D eigenvalue weighted by Gasteiger charge is 2.29. The molecule has 0 aliphatic rings. The van der Waals surface area contributed by atoms with Gasteiger partial charge in [0.15, 0.2) is 0 Å². The van der Waals surface area contributed by atoms with Crippen LogP contribution >= 0.6 is 0 Å². The van der Waals surface area contributed by atoms with Gasteiger partial charge in [-0.3, -0.25) is 4.79 Å². The van der Waals surface area contributed by atoms with Crippen LogP contribution < -0.4 is 4.72 Å². The first kappa shape index (κ1) is 28.2. The lowest BCUT2D eigenvalue weighted by Crippen LogP contribution is -2.31. The highest BCUT2D eigenvalue weighted by atomic mass is 32.2. The topological polar surface area (TPSA) is 104 Å². The smallest absolute Gasteiger partial charge is 0.268 e. The fourth-order valence-corrected chi connectivity index (χ4v) is 5.12. The molecule has 6 nitrogen and oxygen atoms in total. The summed E-state index contributed by atoms with van der Waals surface area (Å²) in [6, 6.07) is 9.43. The minimum Gasteiger partial charge on any atom is -0.508 e. The number of benzene rings is 2. The second kappa shape index (κ2) is 13.1. The van der Waals surface area contributed by atoms with E-state index in [0.29, 0.717) is 12.8 Å². The van der Waals surface area contributed by atoms with Gasteiger partial charge >= 0.3 is 0 Å². The van der Waals surface area contributed by atoms with E-state index < -0.39 is 21.7 Å². The van der Waals surface area contributed by atoms with E-state index in [1.54, 1.807) is 18.2 Å². The van der Waals surface area contributed by atoms with Gasteiger partial charge in [0, 0.05) is 11.1 Å². The van der Waals surface area contributed by atoms with Crippen LogP contribution in [0.15, 0.2) is 64.6 Å². The van der Waals surface area contributed by atoms with E-state index in [-0.39, 0.29) is 33.8 Å². The molecule has 7 heteroatoms. The Kier molecular flexibility index (Phi) is 10.6. The number of rotatable bonds is 12. The van der Waals surface area contributed by atoms with Gasteiger partial charge in [-0.25, -0.2) is 13.1 Å². The third-order valence-electron chi connectivity index (χ3n) is 5.74. The Labute approximate surface area is 209 Å². The van der Waals surface area contributed by atoms with Crippen molar-refractivity contribution in [1.29, 1.82) is 0 Å². The van der Waals surface area contributed by atoms with Crippen molar-refractivity contribution in [3.63, 3.8) is 0 Å². The average Bonchev–Trinajstić information content (AvgIpc) is 2.78. The van der Waals surface area contributed by atoms with Gasteiger partial charge in [0.2, 0.25) is 0 Å². The summed E-state index contributed by atoms with van der Waals surface area (Å²) >= 11 is 0. The molecule has 3 N–H and O–H groups in total. The molecule has 0 aliphatic heterocycles. The summed E-state index contributed by atoms with van der Waals surface area (Å²) in [6.07, 6.45) is 8.72. The summed E-state index contributed by atoms with van der Waals surface area (Å²) < 4.78 is 28.7. The van der Waals surface area contributed by atoms with Crippen molar-refractivity contribution >= 4 is 15.9 Å². The molecule has 2 aromatic carbocycles. The molecule has 0 saturated heterocycles. The maximum absolute atomic E-state index is 13.3. The molecule has 0 aromatic heterocycles. The number of hydrogen-bond donors (Lipinski definition) is 3. The van der Waals surface area contributed by atoms with E-state index in [4.69, 9.17) is 0 Å². The van der Waals surface area contributed by atoms with E-state index in [9.17, 15) is 23.4 Å². The summed E-state index contributed by atoms with van der Waals surface area (Å²) in [5.74, 6) is -1.46. The zero-order valence-electron chi connectivity index (χ0n) is 21.1. The summed E-state index contributed by atoms with van der Waals surface area (Å²) in [5.41, 5.74) is 2.90. The Morgan fingerprint density at radius 2 is 1.71 bits per heavy atom. The molecule has 0 heterocycles. The number of carbonyl (C=O) groups excluding carboxylic acids is 1. The summed E-state index contributed by atoms with van der Waals surface area (Å²) in [4.78, 5) is 12.3. The summed E-state index contributed by atoms with van der Waals surface area (Å²) in [6.45, 7) is 8.07. The first-order chi connectivity index (χ1) is 16.6. The zero-order valence-corrected chi connectivity index (χ0v) is 21.9. The maximum Gasteiger partial charge on any atom is 0.268 e. The van der Waals surface area contributed by atoms with Crippen LogP contribution in [0.5, 0.6) is 11.5 Å². The number of hydrogen-bond acceptors (Lipinski definition) is 5. The van der Waals surface area contributed by atoms with Crippen molar-refractivity contribution < 1.29 is 23.4 Å². The molecule has 190 valence electrons. The molecule has 0 bridgehead atoms. The predicted octanol–water partition coefficient (Wildman–Crippen LogP) is 6.18. The van der Waals surface area contributed by atoms with Gasteiger partial charge in [-0.05, 0) is 76.6 Å². The van der Waals surface area contributed by atoms with Crippen LogP contribution in [0, 0.1) is 0 Å². The van der Waals surface area contributed by atoms with Crippen LogP contribution in [0.1, 0.15) is 81.3 Å². The Morgan fingerprint density at radius 3 is 2.34 bits per heavy atom. The molecule has 0 radical (unpaired) electrons. The SMILES string of the molecule is CCCCCc1cc(O)c(C/C=C(\C)CCC=C(C)C)c(O)c1S(=O)(=O)NC(=O)c1ccccc1. The first-order valence-electron chi connectivity index (χ1n) is 12.0. The van der Waals surface area contributed by atoms with Gasteiger partial charge in [0.25, 0.3) is 15.9 Å². The minimum absolute atomic E-state index is 0.123. The number of sulfonamides is 1. The largest absolute Gasteiger partial charge is 0.508 e. The highest BCUT2D eigenvalue weighted by molar-refractivity contribution is 7.90. The van der Waals surface area contributed by atoms with Crippen molar-refractivity contribution in [3.8, 4) is 11.5 Å². The maximum atomic E-state index is 13.3. The van der Waals surface area contributed by atoms with Gasteiger partial charge in [-0.1, -0.05) is 61.3 Å². The van der Waals surface area contributed by atoms with Crippen molar-refractivity contribution in [2.24, 2.45) is 0 Å². The first-order valence-corrected chi connectivity index (χ1v) is 13.5. The normalized spacial score (nSPS) is 11.8. The second-order valence-corrected chi connectivity index (χ2v) is 10.7. The number of amides is 1. The van der Waals surface area contributed by atoms with Gasteiger partial charge in [-0.15, -0.1) is 0 Å². The number of phenolic OH excluding ortho intramolecular Hbond substituents is 2. The lowest BCUT2D eigenvalue weighted by atomic mass is 10.00. The van der Waals surface area contributed by atoms with E-state index in [1.807, 2.05) is 33.8 Å². The standard InChI is InChI=1S/C28H37NO5S/c1-5-6-8-16-23-19-25(30)24(18-17-21(4)13-11-12-20(2)3)26(31)27(23)35(33,34)29-28(32)22-14-9-7-10-15-22/h7,9-10,12,14-15,17,19,30-31H,5-6,8,11,13,16,18H2,1-4H3,(H,29,32)/b21-17+. The summed E-state index contributed by atoms with van der Waals surface area (Å²) in [7, 11) is -4.40. The minimum atomic E-state index is -4.40. The monoisotopic (exact) mass is 499 g/mol. The number of allylic oxidation sites excluding steroid dienone is 4. The second-order valence-electron chi connectivity index (χ2n) is 9.04. The molecule has 0 aliphatic carbocycles. The van der Waals surface area contributed by atoms with Gasteiger partial charge in [-0.2, -0.15) is 0 Å². The molecule has 0 atom stereocenters. The number of carbonyl (C=O) groups is 1. The Hall–Kier alpha value is -3.06. The molecule has 2 rings (SSSR count). The van der Waals surface area contributed by atoms with Crippen LogP contribution in [0.2, 0.25) is 0 Å². The Balaban J connectivity index is 2.44. The van der Waals surface area contributed by atoms with E-state index >= 15 is 0 Å². The molecule has 1 amide bonds. The van der Waals surface area contributed by atoms with Crippen LogP contribution in [-0.2, 0) is 22.9 Å². The Morgan fingerprint density at radius 1 is 1.03 bits per heavy atom. The zero-order chi connectivity index (χ0) is 26.0. The quantitative estimate of drug-likeness (QED) is 0.239.